The lowest BCUT2D eigenvalue weighted by atomic mass is 9.93. The summed E-state index contributed by atoms with van der Waals surface area (Å²) in [4.78, 5) is 50.1. The molecule has 2 atom stereocenters. The summed E-state index contributed by atoms with van der Waals surface area (Å²) in [6.45, 7) is -0.873. The Hall–Kier alpha value is -5.76. The number of nitrogens with zero attached hydrogens (tertiary/aromatic N) is 4. The second-order valence-corrected chi connectivity index (χ2v) is 13.8. The number of hydrogen-bond acceptors (Lipinski definition) is 10. The van der Waals surface area contributed by atoms with E-state index in [0.717, 1.165) is 23.4 Å². The summed E-state index contributed by atoms with van der Waals surface area (Å²) in [7, 11) is 0. The molecule has 2 aliphatic carbocycles. The molecule has 1 amide bonds. The van der Waals surface area contributed by atoms with Gasteiger partial charge in [0.2, 0.25) is 0 Å². The highest BCUT2D eigenvalue weighted by molar-refractivity contribution is 6.34. The van der Waals surface area contributed by atoms with E-state index in [1.54, 1.807) is 0 Å². The van der Waals surface area contributed by atoms with Gasteiger partial charge in [-0.25, -0.2) is 23.5 Å². The molecule has 60 heavy (non-hydrogen) atoms. The Kier molecular flexibility index (Phi) is 12.6. The van der Waals surface area contributed by atoms with Crippen molar-refractivity contribution in [3.63, 3.8) is 0 Å². The van der Waals surface area contributed by atoms with Gasteiger partial charge in [-0.15, -0.1) is 13.2 Å². The van der Waals surface area contributed by atoms with Crippen LogP contribution in [0.25, 0.3) is 16.8 Å². The molecule has 0 spiro atoms. The lowest BCUT2D eigenvalue weighted by Crippen LogP contribution is -2.50. The molecule has 0 aliphatic heterocycles. The highest BCUT2D eigenvalue weighted by Crippen LogP contribution is 2.55. The second kappa shape index (κ2) is 16.7. The largest absolute Gasteiger partial charge is 0.573 e. The van der Waals surface area contributed by atoms with Crippen LogP contribution < -0.4 is 4.74 Å². The van der Waals surface area contributed by atoms with Gasteiger partial charge < -0.3 is 24.1 Å². The summed E-state index contributed by atoms with van der Waals surface area (Å²) in [6.07, 6.45) is -18.3. The van der Waals surface area contributed by atoms with Gasteiger partial charge in [0.25, 0.3) is 5.91 Å². The number of aliphatic carboxylic acids is 1. The fourth-order valence-corrected chi connectivity index (χ4v) is 6.49. The molecule has 0 radical (unpaired) electrons. The summed E-state index contributed by atoms with van der Waals surface area (Å²) < 4.78 is 156. The number of nitriles is 1. The number of carbonyl (C=O) groups excluding carboxylic acids is 3. The van der Waals surface area contributed by atoms with Crippen LogP contribution in [0.1, 0.15) is 48.0 Å². The molecular formula is C35H24Cl2F10N4O9. The Balaban J connectivity index is 1.41. The van der Waals surface area contributed by atoms with Crippen LogP contribution in [0.5, 0.6) is 5.75 Å². The zero-order chi connectivity index (χ0) is 44.6. The van der Waals surface area contributed by atoms with Crippen LogP contribution in [-0.4, -0.2) is 87.0 Å². The first-order chi connectivity index (χ1) is 27.8. The van der Waals surface area contributed by atoms with Crippen LogP contribution in [-0.2, 0) is 29.5 Å². The molecule has 322 valence electrons. The smallest absolute Gasteiger partial charge is 0.478 e. The van der Waals surface area contributed by atoms with Crippen LogP contribution in [0, 0.1) is 11.3 Å². The number of ether oxygens (including phenoxy) is 4. The van der Waals surface area contributed by atoms with Gasteiger partial charge in [0.15, 0.2) is 12.5 Å². The van der Waals surface area contributed by atoms with Crippen molar-refractivity contribution in [2.24, 2.45) is 0 Å². The summed E-state index contributed by atoms with van der Waals surface area (Å²) in [5, 5.41) is 20.8. The number of hydrogen-bond donors (Lipinski definition) is 1. The lowest BCUT2D eigenvalue weighted by molar-refractivity contribution is -0.348. The minimum atomic E-state index is -6.71. The van der Waals surface area contributed by atoms with Crippen molar-refractivity contribution in [2.75, 3.05) is 6.73 Å². The number of aromatic nitrogens is 2. The van der Waals surface area contributed by atoms with E-state index in [4.69, 9.17) is 42.5 Å². The standard InChI is InChI=1S/C35H24Cl2F10N4O9/c36-21-5-4-17(18-13-49-51(14-18)28-22(37)11-19(12-25(28)60-35(45,46)47)32(38,33(39,40)41)34(42,43)44)10-20(21)29(55)50(31(15-48)8-9-31)16-57-30(56)59-24-3-1-2-23(24)58-27(54)7-6-26(52)53/h4-7,10-14,23-24H,1-3,8-9,16H2,(H,52,53)/b7-6+/t23-,24+/m1/s1. The van der Waals surface area contributed by atoms with E-state index in [1.807, 2.05) is 6.07 Å². The number of halogens is 12. The van der Waals surface area contributed by atoms with Gasteiger partial charge in [0.1, 0.15) is 23.4 Å². The van der Waals surface area contributed by atoms with Gasteiger partial charge >= 0.3 is 42.5 Å². The molecule has 1 aromatic heterocycles. The van der Waals surface area contributed by atoms with Crippen LogP contribution >= 0.6 is 23.2 Å². The second-order valence-electron chi connectivity index (χ2n) is 13.0. The van der Waals surface area contributed by atoms with Gasteiger partial charge in [-0.2, -0.15) is 36.7 Å². The van der Waals surface area contributed by atoms with Crippen molar-refractivity contribution in [2.45, 2.75) is 74.2 Å². The molecule has 3 aromatic rings. The molecule has 25 heteroatoms. The monoisotopic (exact) mass is 904 g/mol. The molecule has 2 saturated carbocycles. The van der Waals surface area contributed by atoms with Crippen molar-refractivity contribution in [3.8, 4) is 28.6 Å². The normalized spacial score (nSPS) is 17.8. The van der Waals surface area contributed by atoms with Crippen LogP contribution in [0.4, 0.5) is 48.7 Å². The maximum Gasteiger partial charge on any atom is 0.573 e. The summed E-state index contributed by atoms with van der Waals surface area (Å²) >= 11 is 12.2. The molecular weight excluding hydrogens is 881 g/mol. The Morgan fingerprint density at radius 2 is 1.55 bits per heavy atom. The van der Waals surface area contributed by atoms with Gasteiger partial charge in [-0.1, -0.05) is 29.3 Å². The van der Waals surface area contributed by atoms with Crippen LogP contribution in [0.3, 0.4) is 0 Å². The molecule has 2 aromatic carbocycles. The average Bonchev–Trinajstić information content (AvgIpc) is 3.56. The third-order valence-corrected chi connectivity index (χ3v) is 9.67. The first-order valence-electron chi connectivity index (χ1n) is 16.8. The fraction of sp³-hybridized carbons (Fsp3) is 0.371. The lowest BCUT2D eigenvalue weighted by Gasteiger charge is -2.31. The SMILES string of the molecule is N#CC1(N(COC(=O)O[C@H]2CCC[C@H]2OC(=O)/C=C/C(=O)O)C(=O)c2cc(-c3cnn(-c4c(Cl)cc(C(F)(C(F)(F)F)C(F)(F)F)cc4OC(F)(F)F)c3)ccc2Cl)CC1. The highest BCUT2D eigenvalue weighted by atomic mass is 35.5. The maximum absolute atomic E-state index is 14.9. The van der Waals surface area contributed by atoms with Crippen molar-refractivity contribution in [1.82, 2.24) is 14.7 Å². The molecule has 1 heterocycles. The van der Waals surface area contributed by atoms with E-state index >= 15 is 0 Å². The highest BCUT2D eigenvalue weighted by Gasteiger charge is 2.73. The Bertz CT molecular complexity index is 2240. The summed E-state index contributed by atoms with van der Waals surface area (Å²) in [5.74, 6) is -5.21. The molecule has 2 fully saturated rings. The molecule has 5 rings (SSSR count). The number of amides is 1. The Morgan fingerprint density at radius 3 is 2.12 bits per heavy atom. The third kappa shape index (κ3) is 9.65. The minimum Gasteiger partial charge on any atom is -0.478 e. The number of carboxylic acids is 1. The van der Waals surface area contributed by atoms with E-state index in [1.165, 1.54) is 12.1 Å². The number of benzene rings is 2. The molecule has 2 aliphatic rings. The average molecular weight is 905 g/mol. The van der Waals surface area contributed by atoms with E-state index in [-0.39, 0.29) is 53.5 Å². The van der Waals surface area contributed by atoms with E-state index in [9.17, 15) is 68.3 Å². The topological polar surface area (TPSA) is 170 Å². The number of rotatable bonds is 12. The maximum atomic E-state index is 14.9. The zero-order valence-corrected chi connectivity index (χ0v) is 31.1. The molecule has 0 bridgehead atoms. The summed E-state index contributed by atoms with van der Waals surface area (Å²) in [6, 6.07) is 4.83. The van der Waals surface area contributed by atoms with Crippen molar-refractivity contribution >= 4 is 47.2 Å². The predicted octanol–water partition coefficient (Wildman–Crippen LogP) is 8.75. The molecule has 1 N–H and O–H groups in total. The van der Waals surface area contributed by atoms with Gasteiger partial charge in [-0.05, 0) is 61.9 Å². The van der Waals surface area contributed by atoms with E-state index in [2.05, 4.69) is 9.84 Å². The third-order valence-electron chi connectivity index (χ3n) is 9.05. The molecule has 0 unspecified atom stereocenters. The number of carbonyl (C=O) groups is 4. The number of alkyl halides is 10. The first-order valence-corrected chi connectivity index (χ1v) is 17.5. The van der Waals surface area contributed by atoms with Gasteiger partial charge in [0.05, 0.1) is 27.9 Å². The van der Waals surface area contributed by atoms with Gasteiger partial charge in [0, 0.05) is 29.5 Å². The van der Waals surface area contributed by atoms with Crippen molar-refractivity contribution in [3.05, 3.63) is 76.0 Å². The van der Waals surface area contributed by atoms with Crippen molar-refractivity contribution < 1.29 is 87.1 Å². The number of carboxylic acid groups (broad SMARTS) is 1. The summed E-state index contributed by atoms with van der Waals surface area (Å²) in [5.41, 5.74) is -11.5. The fourth-order valence-electron chi connectivity index (χ4n) is 6.00. The Labute approximate surface area is 339 Å². The van der Waals surface area contributed by atoms with E-state index < -0.39 is 101 Å². The van der Waals surface area contributed by atoms with Gasteiger partial charge in [-0.3, -0.25) is 9.69 Å². The number of esters is 1. The molecule has 0 saturated heterocycles. The van der Waals surface area contributed by atoms with Crippen LogP contribution in [0.2, 0.25) is 10.0 Å². The van der Waals surface area contributed by atoms with Crippen molar-refractivity contribution in [1.29, 1.82) is 5.26 Å². The quantitative estimate of drug-likeness (QED) is 0.0798. The predicted molar refractivity (Wildman–Crippen MR) is 181 cm³/mol. The molecule has 13 nitrogen and oxygen atoms in total. The van der Waals surface area contributed by atoms with E-state index in [0.29, 0.717) is 23.3 Å². The zero-order valence-electron chi connectivity index (χ0n) is 29.6. The van der Waals surface area contributed by atoms with Crippen LogP contribution in [0.15, 0.2) is 54.9 Å². The first kappa shape index (κ1) is 45.3. The Morgan fingerprint density at radius 1 is 0.917 bits per heavy atom. The minimum absolute atomic E-state index is 0.0130.